The summed E-state index contributed by atoms with van der Waals surface area (Å²) in [6, 6.07) is 15.3. The second kappa shape index (κ2) is 8.86. The largest absolute Gasteiger partial charge is 0.350 e. The maximum absolute atomic E-state index is 13.0. The molecule has 2 heterocycles. The van der Waals surface area contributed by atoms with E-state index < -0.39 is 21.8 Å². The molecule has 0 saturated heterocycles. The summed E-state index contributed by atoms with van der Waals surface area (Å²) in [4.78, 5) is 30.5. The zero-order valence-corrected chi connectivity index (χ0v) is 19.4. The van der Waals surface area contributed by atoms with Gasteiger partial charge in [-0.2, -0.15) is 0 Å². The Hall–Kier alpha value is -3.40. The van der Waals surface area contributed by atoms with Gasteiger partial charge in [-0.3, -0.25) is 14.3 Å². The highest BCUT2D eigenvalue weighted by Gasteiger charge is 2.39. The van der Waals surface area contributed by atoms with Crippen LogP contribution >= 0.6 is 23.2 Å². The number of hydrogen-bond donors (Lipinski definition) is 2. The quantitative estimate of drug-likeness (QED) is 0.487. The molecule has 0 aliphatic carbocycles. The van der Waals surface area contributed by atoms with Crippen LogP contribution < -0.4 is 14.9 Å². The lowest BCUT2D eigenvalue weighted by atomic mass is 10.2. The van der Waals surface area contributed by atoms with E-state index in [0.29, 0.717) is 22.0 Å². The average molecular weight is 503 g/mol. The van der Waals surface area contributed by atoms with Crippen molar-refractivity contribution in [2.45, 2.75) is 11.8 Å². The molecule has 0 spiro atoms. The third-order valence-electron chi connectivity index (χ3n) is 4.85. The minimum atomic E-state index is -3.86. The lowest BCUT2D eigenvalue weighted by Gasteiger charge is -2.18. The fourth-order valence-electron chi connectivity index (χ4n) is 3.15. The summed E-state index contributed by atoms with van der Waals surface area (Å²) in [7, 11) is -3.86. The van der Waals surface area contributed by atoms with Crippen molar-refractivity contribution < 1.29 is 18.0 Å². The van der Waals surface area contributed by atoms with Crippen molar-refractivity contribution in [1.82, 2.24) is 4.98 Å². The highest BCUT2D eigenvalue weighted by atomic mass is 35.5. The van der Waals surface area contributed by atoms with Gasteiger partial charge in [0.1, 0.15) is 16.5 Å². The van der Waals surface area contributed by atoms with Crippen molar-refractivity contribution in [3.8, 4) is 0 Å². The smallest absolute Gasteiger partial charge is 0.283 e. The van der Waals surface area contributed by atoms with Crippen LogP contribution in [-0.2, 0) is 19.6 Å². The SMILES string of the molecule is Cc1c(Cl)cccc1N1C(=O)C(Cl)=C(Nc2ccc(S(=O)(=O)Nc3ccccn3)cc2)C1=O. The number of nitrogens with one attached hydrogen (secondary N) is 2. The van der Waals surface area contributed by atoms with Crippen LogP contribution in [0.5, 0.6) is 0 Å². The first-order valence-corrected chi connectivity index (χ1v) is 11.8. The van der Waals surface area contributed by atoms with Gasteiger partial charge in [-0.25, -0.2) is 18.3 Å². The zero-order valence-electron chi connectivity index (χ0n) is 17.0. The van der Waals surface area contributed by atoms with Gasteiger partial charge in [0.05, 0.1) is 10.6 Å². The summed E-state index contributed by atoms with van der Waals surface area (Å²) >= 11 is 12.3. The number of hydrogen-bond acceptors (Lipinski definition) is 6. The number of anilines is 3. The lowest BCUT2D eigenvalue weighted by molar-refractivity contribution is -0.120. The second-order valence-electron chi connectivity index (χ2n) is 6.99. The Bertz CT molecular complexity index is 1390. The number of benzene rings is 2. The molecule has 1 aliphatic heterocycles. The molecule has 3 aromatic rings. The molecule has 2 amide bonds. The molecule has 33 heavy (non-hydrogen) atoms. The second-order valence-corrected chi connectivity index (χ2v) is 9.46. The molecular formula is C22H16Cl2N4O4S. The fourth-order valence-corrected chi connectivity index (χ4v) is 4.54. The standard InChI is InChI=1S/C22H16Cl2N4O4S/c1-13-16(23)5-4-6-17(13)28-21(29)19(24)20(22(28)30)26-14-8-10-15(11-9-14)33(31,32)27-18-7-2-3-12-25-18/h2-12,26H,1H3,(H,25,27). The molecule has 0 atom stereocenters. The van der Waals surface area contributed by atoms with Crippen LogP contribution in [-0.4, -0.2) is 25.2 Å². The Morgan fingerprint density at radius 2 is 1.64 bits per heavy atom. The maximum Gasteiger partial charge on any atom is 0.283 e. The van der Waals surface area contributed by atoms with Gasteiger partial charge in [-0.1, -0.05) is 35.3 Å². The molecule has 0 unspecified atom stereocenters. The van der Waals surface area contributed by atoms with E-state index in [4.69, 9.17) is 23.2 Å². The summed E-state index contributed by atoms with van der Waals surface area (Å²) < 4.78 is 27.5. The number of sulfonamides is 1. The predicted molar refractivity (Wildman–Crippen MR) is 127 cm³/mol. The van der Waals surface area contributed by atoms with Crippen LogP contribution in [0.25, 0.3) is 0 Å². The Balaban J connectivity index is 1.55. The number of amides is 2. The summed E-state index contributed by atoms with van der Waals surface area (Å²) in [5.41, 5.74) is 1.13. The molecule has 0 radical (unpaired) electrons. The van der Waals surface area contributed by atoms with E-state index in [-0.39, 0.29) is 21.4 Å². The van der Waals surface area contributed by atoms with E-state index in [0.717, 1.165) is 4.90 Å². The number of aromatic nitrogens is 1. The van der Waals surface area contributed by atoms with Gasteiger partial charge in [0.15, 0.2) is 0 Å². The monoisotopic (exact) mass is 502 g/mol. The van der Waals surface area contributed by atoms with Crippen LogP contribution in [0.2, 0.25) is 5.02 Å². The molecule has 8 nitrogen and oxygen atoms in total. The highest BCUT2D eigenvalue weighted by Crippen LogP contribution is 2.34. The van der Waals surface area contributed by atoms with E-state index >= 15 is 0 Å². The zero-order chi connectivity index (χ0) is 23.8. The number of halogens is 2. The number of pyridine rings is 1. The molecule has 0 saturated carbocycles. The third-order valence-corrected chi connectivity index (χ3v) is 6.98. The topological polar surface area (TPSA) is 108 Å². The van der Waals surface area contributed by atoms with Gasteiger partial charge in [-0.05, 0) is 61.0 Å². The van der Waals surface area contributed by atoms with Crippen molar-refractivity contribution in [2.75, 3.05) is 14.9 Å². The summed E-state index contributed by atoms with van der Waals surface area (Å²) in [5, 5.41) is 2.93. The molecule has 1 aromatic heterocycles. The van der Waals surface area contributed by atoms with Crippen molar-refractivity contribution in [1.29, 1.82) is 0 Å². The van der Waals surface area contributed by atoms with Crippen LogP contribution in [0.1, 0.15) is 5.56 Å². The van der Waals surface area contributed by atoms with Crippen molar-refractivity contribution in [3.05, 3.63) is 88.2 Å². The van der Waals surface area contributed by atoms with Crippen molar-refractivity contribution in [3.63, 3.8) is 0 Å². The molecule has 0 bridgehead atoms. The van der Waals surface area contributed by atoms with Crippen LogP contribution in [0.15, 0.2) is 82.5 Å². The minimum absolute atomic E-state index is 0.0104. The molecular weight excluding hydrogens is 487 g/mol. The Morgan fingerprint density at radius 1 is 0.909 bits per heavy atom. The van der Waals surface area contributed by atoms with E-state index in [2.05, 4.69) is 15.0 Å². The van der Waals surface area contributed by atoms with Crippen LogP contribution in [0.4, 0.5) is 17.2 Å². The fraction of sp³-hybridized carbons (Fsp3) is 0.0455. The lowest BCUT2D eigenvalue weighted by Crippen LogP contribution is -2.32. The summed E-state index contributed by atoms with van der Waals surface area (Å²) in [6.45, 7) is 1.69. The first-order valence-electron chi connectivity index (χ1n) is 9.53. The Kier molecular flexibility index (Phi) is 6.11. The van der Waals surface area contributed by atoms with Gasteiger partial charge in [0, 0.05) is 16.9 Å². The molecule has 0 fully saturated rings. The summed E-state index contributed by atoms with van der Waals surface area (Å²) in [5.74, 6) is -1.15. The Labute approximate surface area is 199 Å². The molecule has 2 aromatic carbocycles. The number of imide groups is 1. The highest BCUT2D eigenvalue weighted by molar-refractivity contribution is 7.92. The summed E-state index contributed by atoms with van der Waals surface area (Å²) in [6.07, 6.45) is 1.47. The Morgan fingerprint density at radius 3 is 2.30 bits per heavy atom. The maximum atomic E-state index is 13.0. The molecule has 11 heteroatoms. The van der Waals surface area contributed by atoms with Crippen LogP contribution in [0.3, 0.4) is 0 Å². The normalized spacial score (nSPS) is 14.1. The van der Waals surface area contributed by atoms with E-state index in [1.165, 1.54) is 36.5 Å². The van der Waals surface area contributed by atoms with Crippen molar-refractivity contribution >= 4 is 62.2 Å². The average Bonchev–Trinajstić information content (AvgIpc) is 3.00. The molecule has 168 valence electrons. The predicted octanol–water partition coefficient (Wildman–Crippen LogP) is 4.28. The number of carbonyl (C=O) groups excluding carboxylic acids is 2. The van der Waals surface area contributed by atoms with Crippen molar-refractivity contribution in [2.24, 2.45) is 0 Å². The van der Waals surface area contributed by atoms with E-state index in [1.807, 2.05) is 0 Å². The third kappa shape index (κ3) is 4.43. The molecule has 2 N–H and O–H groups in total. The number of rotatable bonds is 6. The minimum Gasteiger partial charge on any atom is -0.350 e. The molecule has 1 aliphatic rings. The van der Waals surface area contributed by atoms with Gasteiger partial charge in [-0.15, -0.1) is 0 Å². The van der Waals surface area contributed by atoms with Crippen LogP contribution in [0, 0.1) is 6.92 Å². The first-order chi connectivity index (χ1) is 15.7. The van der Waals surface area contributed by atoms with Gasteiger partial charge < -0.3 is 5.32 Å². The number of nitrogens with zero attached hydrogens (tertiary/aromatic N) is 2. The van der Waals surface area contributed by atoms with Gasteiger partial charge in [0.25, 0.3) is 21.8 Å². The first kappa shape index (κ1) is 22.8. The van der Waals surface area contributed by atoms with E-state index in [9.17, 15) is 18.0 Å². The van der Waals surface area contributed by atoms with E-state index in [1.54, 1.807) is 37.3 Å². The molecule has 4 rings (SSSR count). The van der Waals surface area contributed by atoms with Gasteiger partial charge >= 0.3 is 0 Å². The van der Waals surface area contributed by atoms with Gasteiger partial charge in [0.2, 0.25) is 0 Å². The number of carbonyl (C=O) groups is 2.